The van der Waals surface area contributed by atoms with Gasteiger partial charge in [0.25, 0.3) is 0 Å². The summed E-state index contributed by atoms with van der Waals surface area (Å²) < 4.78 is 5.76. The van der Waals surface area contributed by atoms with Crippen molar-refractivity contribution in [1.29, 1.82) is 0 Å². The lowest BCUT2D eigenvalue weighted by molar-refractivity contribution is -0.903. The fraction of sp³-hybridized carbons (Fsp3) is 0.269. The minimum absolute atomic E-state index is 0.00886. The topological polar surface area (TPSA) is 54.2 Å². The predicted octanol–water partition coefficient (Wildman–Crippen LogP) is 2.06. The van der Waals surface area contributed by atoms with Crippen LogP contribution in [0.1, 0.15) is 15.9 Å². The van der Waals surface area contributed by atoms with Gasteiger partial charge in [-0.25, -0.2) is 0 Å². The molecule has 1 aliphatic heterocycles. The highest BCUT2D eigenvalue weighted by molar-refractivity contribution is 6.08. The van der Waals surface area contributed by atoms with Crippen LogP contribution in [0.5, 0.6) is 5.75 Å². The van der Waals surface area contributed by atoms with Crippen LogP contribution in [0.4, 0.5) is 5.69 Å². The zero-order valence-electron chi connectivity index (χ0n) is 17.6. The summed E-state index contributed by atoms with van der Waals surface area (Å²) in [5.41, 5.74) is 2.56. The summed E-state index contributed by atoms with van der Waals surface area (Å²) in [7, 11) is 0. The van der Waals surface area contributed by atoms with Gasteiger partial charge in [0.2, 0.25) is 0 Å². The Kier molecular flexibility index (Phi) is 6.97. The lowest BCUT2D eigenvalue weighted by Crippen LogP contribution is -3.16. The average molecular weight is 418 g/mol. The van der Waals surface area contributed by atoms with Crippen LogP contribution in [-0.2, 0) is 0 Å². The molecule has 1 saturated heterocycles. The van der Waals surface area contributed by atoms with Gasteiger partial charge in [-0.2, -0.15) is 0 Å². The molecule has 3 aromatic rings. The Balaban J connectivity index is 1.21. The molecule has 3 aromatic carbocycles. The molecular formula is C26H29N2O3+. The van der Waals surface area contributed by atoms with Crippen molar-refractivity contribution in [3.05, 3.63) is 96.1 Å². The third kappa shape index (κ3) is 5.72. The summed E-state index contributed by atoms with van der Waals surface area (Å²) in [5, 5.41) is 10.4. The van der Waals surface area contributed by atoms with E-state index in [-0.39, 0.29) is 12.4 Å². The maximum Gasteiger partial charge on any atom is 0.193 e. The Morgan fingerprint density at radius 3 is 2.10 bits per heavy atom. The second kappa shape index (κ2) is 10.2. The fourth-order valence-corrected chi connectivity index (χ4v) is 3.97. The van der Waals surface area contributed by atoms with Crippen molar-refractivity contribution in [2.45, 2.75) is 6.10 Å². The SMILES string of the molecule is O=C(c1ccccc1)c1ccc(OC[C@H](O)C[NH+]2CCN(c3ccccc3)CC2)cc1. The van der Waals surface area contributed by atoms with Crippen molar-refractivity contribution in [2.24, 2.45) is 0 Å². The van der Waals surface area contributed by atoms with E-state index in [9.17, 15) is 9.90 Å². The lowest BCUT2D eigenvalue weighted by atomic mass is 10.0. The number of nitrogens with one attached hydrogen (secondary N) is 1. The number of ether oxygens (including phenoxy) is 1. The van der Waals surface area contributed by atoms with E-state index in [1.807, 2.05) is 36.4 Å². The molecule has 4 rings (SSSR count). The maximum atomic E-state index is 12.5. The Hall–Kier alpha value is -3.15. The van der Waals surface area contributed by atoms with Crippen molar-refractivity contribution in [1.82, 2.24) is 0 Å². The molecule has 31 heavy (non-hydrogen) atoms. The molecule has 1 heterocycles. The number of anilines is 1. The molecule has 5 heteroatoms. The van der Waals surface area contributed by atoms with Gasteiger partial charge in [-0.05, 0) is 36.4 Å². The number of quaternary nitrogens is 1. The van der Waals surface area contributed by atoms with E-state index in [0.29, 0.717) is 23.4 Å². The Morgan fingerprint density at radius 1 is 0.871 bits per heavy atom. The molecule has 1 aliphatic rings. The summed E-state index contributed by atoms with van der Waals surface area (Å²) in [6.45, 7) is 4.91. The number of nitrogens with zero attached hydrogens (tertiary/aromatic N) is 1. The van der Waals surface area contributed by atoms with Crippen molar-refractivity contribution in [3.63, 3.8) is 0 Å². The standard InChI is InChI=1S/C26H28N2O3/c29-24(19-27-15-17-28(18-16-27)23-9-5-2-6-10-23)20-31-25-13-11-22(12-14-25)26(30)21-7-3-1-4-8-21/h1-14,24,29H,15-20H2/p+1/t24-/m1/s1. The molecule has 0 saturated carbocycles. The van der Waals surface area contributed by atoms with Gasteiger partial charge in [0, 0.05) is 16.8 Å². The molecule has 0 aliphatic carbocycles. The van der Waals surface area contributed by atoms with Crippen LogP contribution >= 0.6 is 0 Å². The van der Waals surface area contributed by atoms with E-state index >= 15 is 0 Å². The van der Waals surface area contributed by atoms with Gasteiger partial charge in [-0.1, -0.05) is 48.5 Å². The van der Waals surface area contributed by atoms with Crippen molar-refractivity contribution < 1.29 is 19.5 Å². The number of aliphatic hydroxyl groups is 1. The molecule has 2 N–H and O–H groups in total. The smallest absolute Gasteiger partial charge is 0.193 e. The van der Waals surface area contributed by atoms with Gasteiger partial charge in [-0.15, -0.1) is 0 Å². The van der Waals surface area contributed by atoms with Gasteiger partial charge in [-0.3, -0.25) is 4.79 Å². The average Bonchev–Trinajstić information content (AvgIpc) is 2.84. The van der Waals surface area contributed by atoms with Crippen LogP contribution in [0, 0.1) is 0 Å². The minimum atomic E-state index is -0.524. The van der Waals surface area contributed by atoms with E-state index < -0.39 is 6.10 Å². The molecule has 0 radical (unpaired) electrons. The minimum Gasteiger partial charge on any atom is -0.491 e. The molecule has 0 spiro atoms. The van der Waals surface area contributed by atoms with Crippen molar-refractivity contribution >= 4 is 11.5 Å². The van der Waals surface area contributed by atoms with Crippen LogP contribution in [0.3, 0.4) is 0 Å². The summed E-state index contributed by atoms with van der Waals surface area (Å²) in [5.74, 6) is 0.651. The first-order chi connectivity index (χ1) is 15.2. The zero-order valence-corrected chi connectivity index (χ0v) is 17.6. The lowest BCUT2D eigenvalue weighted by Gasteiger charge is -2.34. The number of piperazine rings is 1. The zero-order chi connectivity index (χ0) is 21.5. The van der Waals surface area contributed by atoms with E-state index in [0.717, 1.165) is 26.2 Å². The molecule has 0 unspecified atom stereocenters. The highest BCUT2D eigenvalue weighted by Gasteiger charge is 2.22. The second-order valence-corrected chi connectivity index (χ2v) is 7.96. The van der Waals surface area contributed by atoms with Gasteiger partial charge < -0.3 is 19.6 Å². The third-order valence-corrected chi connectivity index (χ3v) is 5.71. The summed E-state index contributed by atoms with van der Waals surface area (Å²) in [4.78, 5) is 16.3. The van der Waals surface area contributed by atoms with Gasteiger partial charge in [0.05, 0.1) is 26.2 Å². The largest absolute Gasteiger partial charge is 0.491 e. The molecule has 160 valence electrons. The van der Waals surface area contributed by atoms with E-state index in [2.05, 4.69) is 29.2 Å². The van der Waals surface area contributed by atoms with Gasteiger partial charge >= 0.3 is 0 Å². The van der Waals surface area contributed by atoms with Gasteiger partial charge in [0.15, 0.2) is 5.78 Å². The first-order valence-electron chi connectivity index (χ1n) is 10.8. The molecule has 1 fully saturated rings. The summed E-state index contributed by atoms with van der Waals surface area (Å²) in [6, 6.07) is 26.8. The molecular weight excluding hydrogens is 388 g/mol. The molecule has 1 atom stereocenters. The molecule has 5 nitrogen and oxygen atoms in total. The first kappa shape index (κ1) is 21.1. The van der Waals surface area contributed by atoms with Crippen LogP contribution in [-0.4, -0.2) is 56.3 Å². The molecule has 0 aromatic heterocycles. The number of carbonyl (C=O) groups is 1. The van der Waals surface area contributed by atoms with Crippen LogP contribution in [0.25, 0.3) is 0 Å². The Morgan fingerprint density at radius 2 is 1.45 bits per heavy atom. The van der Waals surface area contributed by atoms with E-state index in [1.165, 1.54) is 10.6 Å². The van der Waals surface area contributed by atoms with E-state index in [4.69, 9.17) is 4.74 Å². The number of carbonyl (C=O) groups excluding carboxylic acids is 1. The van der Waals surface area contributed by atoms with Crippen LogP contribution < -0.4 is 14.5 Å². The Bertz CT molecular complexity index is 953. The van der Waals surface area contributed by atoms with Crippen molar-refractivity contribution in [3.8, 4) is 5.75 Å². The highest BCUT2D eigenvalue weighted by atomic mass is 16.5. The number of hydrogen-bond donors (Lipinski definition) is 2. The third-order valence-electron chi connectivity index (χ3n) is 5.71. The normalized spacial score (nSPS) is 15.5. The predicted molar refractivity (Wildman–Crippen MR) is 122 cm³/mol. The molecule has 0 bridgehead atoms. The fourth-order valence-electron chi connectivity index (χ4n) is 3.97. The van der Waals surface area contributed by atoms with Gasteiger partial charge in [0.1, 0.15) is 25.0 Å². The first-order valence-corrected chi connectivity index (χ1v) is 10.8. The quantitative estimate of drug-likeness (QED) is 0.551. The highest BCUT2D eigenvalue weighted by Crippen LogP contribution is 2.16. The van der Waals surface area contributed by atoms with Crippen LogP contribution in [0.15, 0.2) is 84.9 Å². The monoisotopic (exact) mass is 417 g/mol. The maximum absolute atomic E-state index is 12.5. The number of rotatable bonds is 8. The number of ketones is 1. The second-order valence-electron chi connectivity index (χ2n) is 7.96. The van der Waals surface area contributed by atoms with Crippen molar-refractivity contribution in [2.75, 3.05) is 44.2 Å². The van der Waals surface area contributed by atoms with E-state index in [1.54, 1.807) is 24.3 Å². The number of aliphatic hydroxyl groups excluding tert-OH is 1. The molecule has 0 amide bonds. The number of hydrogen-bond acceptors (Lipinski definition) is 4. The number of benzene rings is 3. The summed E-state index contributed by atoms with van der Waals surface area (Å²) in [6.07, 6.45) is -0.524. The Labute approximate surface area is 183 Å². The van der Waals surface area contributed by atoms with Crippen LogP contribution in [0.2, 0.25) is 0 Å². The number of para-hydroxylation sites is 1. The summed E-state index contributed by atoms with van der Waals surface area (Å²) >= 11 is 0.